The van der Waals surface area contributed by atoms with E-state index in [1.807, 2.05) is 0 Å². The van der Waals surface area contributed by atoms with Crippen molar-refractivity contribution in [3.8, 4) is 11.5 Å². The molecule has 0 unspecified atom stereocenters. The number of rotatable bonds is 9. The molecule has 9 heteroatoms. The van der Waals surface area contributed by atoms with Gasteiger partial charge >= 0.3 is 5.97 Å². The number of hydrogen-bond donors (Lipinski definition) is 0. The van der Waals surface area contributed by atoms with Gasteiger partial charge in [-0.3, -0.25) is 0 Å². The van der Waals surface area contributed by atoms with Crippen molar-refractivity contribution in [1.29, 1.82) is 0 Å². The van der Waals surface area contributed by atoms with Crippen LogP contribution in [0.3, 0.4) is 0 Å². The molecule has 0 spiro atoms. The molecule has 0 aromatic heterocycles. The van der Waals surface area contributed by atoms with E-state index in [0.29, 0.717) is 33.5 Å². The molecule has 2 rings (SSSR count). The van der Waals surface area contributed by atoms with Crippen LogP contribution in [0.1, 0.15) is 16.8 Å². The third-order valence-corrected chi connectivity index (χ3v) is 4.71. The van der Waals surface area contributed by atoms with Crippen LogP contribution in [0.25, 0.3) is 0 Å². The first kappa shape index (κ1) is 23.2. The quantitative estimate of drug-likeness (QED) is 0.258. The highest BCUT2D eigenvalue weighted by Gasteiger charge is 2.11. The summed E-state index contributed by atoms with van der Waals surface area (Å²) in [6.45, 7) is 0.660. The van der Waals surface area contributed by atoms with E-state index in [-0.39, 0.29) is 24.3 Å². The zero-order valence-corrected chi connectivity index (χ0v) is 19.0. The summed E-state index contributed by atoms with van der Waals surface area (Å²) in [5.41, 5.74) is 0.482. The molecular weight excluding hydrogens is 514 g/mol. The summed E-state index contributed by atoms with van der Waals surface area (Å²) in [5.74, 6) is 0.397. The van der Waals surface area contributed by atoms with E-state index in [1.165, 1.54) is 6.08 Å². The summed E-state index contributed by atoms with van der Waals surface area (Å²) in [7, 11) is 0. The van der Waals surface area contributed by atoms with E-state index in [9.17, 15) is 4.79 Å². The van der Waals surface area contributed by atoms with Gasteiger partial charge in [0.15, 0.2) is 5.75 Å². The number of benzene rings is 2. The Morgan fingerprint density at radius 2 is 1.64 bits per heavy atom. The molecule has 0 aliphatic heterocycles. The Balaban J connectivity index is 1.78. The van der Waals surface area contributed by atoms with E-state index in [2.05, 4.69) is 15.9 Å². The first-order valence-corrected chi connectivity index (χ1v) is 10.4. The highest BCUT2D eigenvalue weighted by Crippen LogP contribution is 2.37. The smallest absolute Gasteiger partial charge is 0.338 e. The monoisotopic (exact) mass is 526 g/mol. The Hall–Kier alpha value is -1.11. The van der Waals surface area contributed by atoms with Gasteiger partial charge in [-0.05, 0) is 30.3 Å². The zero-order chi connectivity index (χ0) is 20.5. The van der Waals surface area contributed by atoms with E-state index in [1.54, 1.807) is 36.4 Å². The Labute approximate surface area is 191 Å². The number of halogens is 5. The van der Waals surface area contributed by atoms with Gasteiger partial charge in [-0.1, -0.05) is 62.3 Å². The van der Waals surface area contributed by atoms with Crippen molar-refractivity contribution in [1.82, 2.24) is 0 Å². The number of hydrogen-bond acceptors (Lipinski definition) is 4. The van der Waals surface area contributed by atoms with E-state index in [0.717, 1.165) is 4.47 Å². The molecular formula is C19H15BrCl4O4. The van der Waals surface area contributed by atoms with Gasteiger partial charge in [0.05, 0.1) is 28.8 Å². The lowest BCUT2D eigenvalue weighted by Gasteiger charge is -2.12. The summed E-state index contributed by atoms with van der Waals surface area (Å²) in [6, 6.07) is 10.1. The number of ether oxygens (including phenoxy) is 3. The molecule has 2 aromatic carbocycles. The average molecular weight is 529 g/mol. The van der Waals surface area contributed by atoms with Crippen LogP contribution >= 0.6 is 62.3 Å². The molecule has 0 radical (unpaired) electrons. The van der Waals surface area contributed by atoms with Gasteiger partial charge in [0, 0.05) is 23.0 Å². The SMILES string of the molecule is O=C(OCCCOc1c(Cl)cc(OCC=C(Cl)Cl)cc1Cl)c1ccc(Br)cc1. The van der Waals surface area contributed by atoms with Crippen molar-refractivity contribution in [3.63, 3.8) is 0 Å². The molecule has 4 nitrogen and oxygen atoms in total. The van der Waals surface area contributed by atoms with Gasteiger partial charge in [-0.2, -0.15) is 0 Å². The van der Waals surface area contributed by atoms with Gasteiger partial charge in [-0.15, -0.1) is 0 Å². The lowest BCUT2D eigenvalue weighted by Crippen LogP contribution is -2.09. The molecule has 0 atom stereocenters. The van der Waals surface area contributed by atoms with E-state index in [4.69, 9.17) is 60.6 Å². The molecule has 0 amide bonds. The highest BCUT2D eigenvalue weighted by molar-refractivity contribution is 9.10. The third-order valence-electron chi connectivity index (χ3n) is 3.31. The minimum Gasteiger partial charge on any atom is -0.490 e. The van der Waals surface area contributed by atoms with E-state index >= 15 is 0 Å². The average Bonchev–Trinajstić information content (AvgIpc) is 2.63. The second-order valence-corrected chi connectivity index (χ2v) is 8.10. The Morgan fingerprint density at radius 1 is 1.00 bits per heavy atom. The van der Waals surface area contributed by atoms with Crippen LogP contribution in [0.4, 0.5) is 0 Å². The molecule has 0 N–H and O–H groups in total. The third kappa shape index (κ3) is 7.72. The molecule has 0 aliphatic rings. The summed E-state index contributed by atoms with van der Waals surface area (Å²) in [6.07, 6.45) is 1.97. The van der Waals surface area contributed by atoms with Gasteiger partial charge in [0.1, 0.15) is 16.8 Å². The van der Waals surface area contributed by atoms with Crippen LogP contribution in [0.5, 0.6) is 11.5 Å². The second kappa shape index (κ2) is 11.8. The molecule has 0 bridgehead atoms. The zero-order valence-electron chi connectivity index (χ0n) is 14.4. The van der Waals surface area contributed by atoms with Gasteiger partial charge in [0.25, 0.3) is 0 Å². The van der Waals surface area contributed by atoms with Crippen molar-refractivity contribution < 1.29 is 19.0 Å². The number of esters is 1. The predicted octanol–water partition coefficient (Wildman–Crippen LogP) is 7.08. The van der Waals surface area contributed by atoms with Gasteiger partial charge in [0.2, 0.25) is 0 Å². The van der Waals surface area contributed by atoms with Gasteiger partial charge < -0.3 is 14.2 Å². The summed E-state index contributed by atoms with van der Waals surface area (Å²) in [5, 5.41) is 0.602. The Bertz CT molecular complexity index is 813. The van der Waals surface area contributed by atoms with Crippen LogP contribution in [-0.2, 0) is 4.74 Å². The van der Waals surface area contributed by atoms with Crippen molar-refractivity contribution in [3.05, 3.63) is 67.0 Å². The minimum atomic E-state index is -0.392. The van der Waals surface area contributed by atoms with Crippen LogP contribution in [-0.4, -0.2) is 25.8 Å². The molecule has 0 fully saturated rings. The van der Waals surface area contributed by atoms with Gasteiger partial charge in [-0.25, -0.2) is 4.79 Å². The topological polar surface area (TPSA) is 44.8 Å². The predicted molar refractivity (Wildman–Crippen MR) is 116 cm³/mol. The van der Waals surface area contributed by atoms with E-state index < -0.39 is 5.97 Å². The fourth-order valence-electron chi connectivity index (χ4n) is 2.03. The molecule has 2 aromatic rings. The standard InChI is InChI=1S/C19H15BrCl4O4/c20-13-4-2-12(3-5-13)19(25)28-8-1-7-27-18-15(21)10-14(11-16(18)22)26-9-6-17(23)24/h2-6,10-11H,1,7-9H2. The van der Waals surface area contributed by atoms with Crippen molar-refractivity contribution in [2.24, 2.45) is 0 Å². The Morgan fingerprint density at radius 3 is 2.25 bits per heavy atom. The highest BCUT2D eigenvalue weighted by atomic mass is 79.9. The molecule has 0 aliphatic carbocycles. The first-order valence-electron chi connectivity index (χ1n) is 8.05. The van der Waals surface area contributed by atoms with Crippen LogP contribution in [0.2, 0.25) is 10.0 Å². The molecule has 0 heterocycles. The van der Waals surface area contributed by atoms with Crippen molar-refractivity contribution in [2.75, 3.05) is 19.8 Å². The fourth-order valence-corrected chi connectivity index (χ4v) is 2.99. The number of carbonyl (C=O) groups excluding carboxylic acids is 1. The fraction of sp³-hybridized carbons (Fsp3) is 0.211. The minimum absolute atomic E-state index is 0.109. The first-order chi connectivity index (χ1) is 13.4. The van der Waals surface area contributed by atoms with Crippen LogP contribution in [0, 0.1) is 0 Å². The molecule has 0 saturated carbocycles. The maximum absolute atomic E-state index is 11.9. The summed E-state index contributed by atoms with van der Waals surface area (Å²) in [4.78, 5) is 11.9. The summed E-state index contributed by atoms with van der Waals surface area (Å²) >= 11 is 26.7. The van der Waals surface area contributed by atoms with Crippen molar-refractivity contribution >= 4 is 68.3 Å². The lowest BCUT2D eigenvalue weighted by molar-refractivity contribution is 0.0486. The maximum atomic E-state index is 11.9. The molecule has 0 saturated heterocycles. The normalized spacial score (nSPS) is 10.3. The lowest BCUT2D eigenvalue weighted by atomic mass is 10.2. The number of carbonyl (C=O) groups is 1. The molecule has 150 valence electrons. The van der Waals surface area contributed by atoms with Crippen LogP contribution in [0.15, 0.2) is 51.4 Å². The largest absolute Gasteiger partial charge is 0.490 e. The van der Waals surface area contributed by atoms with Crippen molar-refractivity contribution in [2.45, 2.75) is 6.42 Å². The summed E-state index contributed by atoms with van der Waals surface area (Å²) < 4.78 is 17.2. The Kier molecular flexibility index (Phi) is 9.75. The second-order valence-electron chi connectivity index (χ2n) is 5.37. The van der Waals surface area contributed by atoms with Crippen LogP contribution < -0.4 is 9.47 Å². The molecule has 28 heavy (non-hydrogen) atoms. The maximum Gasteiger partial charge on any atom is 0.338 e.